The van der Waals surface area contributed by atoms with Gasteiger partial charge in [0.05, 0.1) is 0 Å². The Hall–Kier alpha value is -2.74. The van der Waals surface area contributed by atoms with E-state index < -0.39 is 0 Å². The van der Waals surface area contributed by atoms with E-state index in [2.05, 4.69) is 61.6 Å². The first kappa shape index (κ1) is 16.1. The van der Waals surface area contributed by atoms with Crippen molar-refractivity contribution in [3.05, 3.63) is 95.1 Å². The second kappa shape index (κ2) is 7.69. The molecule has 3 aromatic carbocycles. The molecule has 0 unspecified atom stereocenters. The number of nitrogens with one attached hydrogen (secondary N) is 1. The van der Waals surface area contributed by atoms with Crippen molar-refractivity contribution in [2.24, 2.45) is 0 Å². The van der Waals surface area contributed by atoms with E-state index >= 15 is 0 Å². The first-order chi connectivity index (χ1) is 11.7. The third kappa shape index (κ3) is 4.17. The van der Waals surface area contributed by atoms with E-state index in [-0.39, 0.29) is 0 Å². The predicted molar refractivity (Wildman–Crippen MR) is 100 cm³/mol. The molecule has 0 aliphatic rings. The third-order valence-corrected chi connectivity index (χ3v) is 4.07. The van der Waals surface area contributed by atoms with Crippen molar-refractivity contribution in [1.82, 2.24) is 0 Å². The molecule has 0 saturated carbocycles. The van der Waals surface area contributed by atoms with Gasteiger partial charge in [0.15, 0.2) is 0 Å². The molecule has 24 heavy (non-hydrogen) atoms. The summed E-state index contributed by atoms with van der Waals surface area (Å²) in [7, 11) is 0. The molecule has 0 spiro atoms. The summed E-state index contributed by atoms with van der Waals surface area (Å²) in [6.07, 6.45) is 0. The number of hydrogen-bond donors (Lipinski definition) is 1. The Morgan fingerprint density at radius 3 is 2.42 bits per heavy atom. The van der Waals surface area contributed by atoms with Crippen molar-refractivity contribution < 1.29 is 4.74 Å². The van der Waals surface area contributed by atoms with Crippen LogP contribution in [0.4, 0.5) is 5.69 Å². The highest BCUT2D eigenvalue weighted by Crippen LogP contribution is 2.22. The van der Waals surface area contributed by atoms with Gasteiger partial charge in [-0.15, -0.1) is 0 Å². The maximum absolute atomic E-state index is 6.03. The summed E-state index contributed by atoms with van der Waals surface area (Å²) in [6.45, 7) is 5.57. The van der Waals surface area contributed by atoms with E-state index in [1.165, 1.54) is 22.4 Å². The fraction of sp³-hybridized carbons (Fsp3) is 0.182. The molecular formula is C22H23NO. The Labute approximate surface area is 144 Å². The summed E-state index contributed by atoms with van der Waals surface area (Å²) >= 11 is 0. The van der Waals surface area contributed by atoms with Gasteiger partial charge in [-0.3, -0.25) is 0 Å². The predicted octanol–water partition coefficient (Wildman–Crippen LogP) is 5.49. The van der Waals surface area contributed by atoms with E-state index in [4.69, 9.17) is 4.74 Å². The first-order valence-electron chi connectivity index (χ1n) is 8.28. The molecule has 0 heterocycles. The fourth-order valence-electron chi connectivity index (χ4n) is 2.64. The van der Waals surface area contributed by atoms with Gasteiger partial charge in [0, 0.05) is 17.8 Å². The Bertz CT molecular complexity index is 796. The van der Waals surface area contributed by atoms with Gasteiger partial charge in [0.2, 0.25) is 0 Å². The quantitative estimate of drug-likeness (QED) is 0.648. The van der Waals surface area contributed by atoms with Crippen LogP contribution in [0.25, 0.3) is 0 Å². The lowest BCUT2D eigenvalue weighted by Gasteiger charge is -2.14. The summed E-state index contributed by atoms with van der Waals surface area (Å²) in [5.41, 5.74) is 6.02. The number of para-hydroxylation sites is 1. The average molecular weight is 317 g/mol. The van der Waals surface area contributed by atoms with Crippen molar-refractivity contribution in [2.75, 3.05) is 5.32 Å². The van der Waals surface area contributed by atoms with Crippen LogP contribution in [0.1, 0.15) is 22.3 Å². The van der Waals surface area contributed by atoms with Crippen molar-refractivity contribution in [3.63, 3.8) is 0 Å². The monoisotopic (exact) mass is 317 g/mol. The molecule has 0 aliphatic heterocycles. The van der Waals surface area contributed by atoms with Gasteiger partial charge in [0.25, 0.3) is 0 Å². The second-order valence-corrected chi connectivity index (χ2v) is 6.05. The molecule has 2 heteroatoms. The molecule has 0 amide bonds. The summed E-state index contributed by atoms with van der Waals surface area (Å²) < 4.78 is 6.03. The van der Waals surface area contributed by atoms with Crippen LogP contribution in [0.15, 0.2) is 72.8 Å². The highest BCUT2D eigenvalue weighted by molar-refractivity contribution is 5.53. The van der Waals surface area contributed by atoms with Gasteiger partial charge in [-0.2, -0.15) is 0 Å². The van der Waals surface area contributed by atoms with Gasteiger partial charge in [-0.05, 0) is 42.7 Å². The van der Waals surface area contributed by atoms with Gasteiger partial charge in [0.1, 0.15) is 12.4 Å². The molecule has 122 valence electrons. The second-order valence-electron chi connectivity index (χ2n) is 6.05. The van der Waals surface area contributed by atoms with E-state index in [1.54, 1.807) is 0 Å². The molecule has 3 rings (SSSR count). The number of rotatable bonds is 6. The van der Waals surface area contributed by atoms with Gasteiger partial charge >= 0.3 is 0 Å². The maximum atomic E-state index is 6.03. The molecule has 0 aliphatic carbocycles. The van der Waals surface area contributed by atoms with Crippen molar-refractivity contribution in [2.45, 2.75) is 27.0 Å². The summed E-state index contributed by atoms with van der Waals surface area (Å²) in [5, 5.41) is 3.53. The highest BCUT2D eigenvalue weighted by atomic mass is 16.5. The van der Waals surface area contributed by atoms with Crippen molar-refractivity contribution >= 4 is 5.69 Å². The van der Waals surface area contributed by atoms with Gasteiger partial charge in [-0.25, -0.2) is 0 Å². The standard InChI is InChI=1S/C22H23NO/c1-17-12-13-18(2)21(14-17)23-15-20-10-6-7-11-22(20)24-16-19-8-4-3-5-9-19/h3-14,23H,15-16H2,1-2H3. The van der Waals surface area contributed by atoms with Crippen LogP contribution in [0.3, 0.4) is 0 Å². The minimum Gasteiger partial charge on any atom is -0.489 e. The average Bonchev–Trinajstić information content (AvgIpc) is 2.62. The number of benzene rings is 3. The Balaban J connectivity index is 1.69. The minimum atomic E-state index is 0.585. The molecule has 0 atom stereocenters. The molecule has 0 aromatic heterocycles. The van der Waals surface area contributed by atoms with Crippen molar-refractivity contribution in [1.29, 1.82) is 0 Å². The molecule has 0 bridgehead atoms. The van der Waals surface area contributed by atoms with Crippen LogP contribution < -0.4 is 10.1 Å². The van der Waals surface area contributed by atoms with E-state index in [1.807, 2.05) is 30.3 Å². The normalized spacial score (nSPS) is 10.4. The van der Waals surface area contributed by atoms with Crippen LogP contribution in [0.2, 0.25) is 0 Å². The lowest BCUT2D eigenvalue weighted by atomic mass is 10.1. The Morgan fingerprint density at radius 1 is 0.833 bits per heavy atom. The first-order valence-corrected chi connectivity index (χ1v) is 8.28. The fourth-order valence-corrected chi connectivity index (χ4v) is 2.64. The minimum absolute atomic E-state index is 0.585. The molecule has 3 aromatic rings. The number of hydrogen-bond acceptors (Lipinski definition) is 2. The Morgan fingerprint density at radius 2 is 1.58 bits per heavy atom. The summed E-state index contributed by atoms with van der Waals surface area (Å²) in [5.74, 6) is 0.930. The smallest absolute Gasteiger partial charge is 0.124 e. The topological polar surface area (TPSA) is 21.3 Å². The zero-order chi connectivity index (χ0) is 16.8. The zero-order valence-electron chi connectivity index (χ0n) is 14.3. The molecule has 0 radical (unpaired) electrons. The number of aryl methyl sites for hydroxylation is 2. The van der Waals surface area contributed by atoms with Crippen molar-refractivity contribution in [3.8, 4) is 5.75 Å². The Kier molecular flexibility index (Phi) is 5.17. The van der Waals surface area contributed by atoms with Crippen LogP contribution in [-0.2, 0) is 13.2 Å². The SMILES string of the molecule is Cc1ccc(C)c(NCc2ccccc2OCc2ccccc2)c1. The zero-order valence-corrected chi connectivity index (χ0v) is 14.3. The molecule has 0 saturated heterocycles. The highest BCUT2D eigenvalue weighted by Gasteiger charge is 2.05. The molecule has 0 fully saturated rings. The molecular weight excluding hydrogens is 294 g/mol. The van der Waals surface area contributed by atoms with E-state index in [0.29, 0.717) is 6.61 Å². The van der Waals surface area contributed by atoms with Crippen LogP contribution >= 0.6 is 0 Å². The largest absolute Gasteiger partial charge is 0.489 e. The molecule has 1 N–H and O–H groups in total. The number of ether oxygens (including phenoxy) is 1. The van der Waals surface area contributed by atoms with E-state index in [0.717, 1.165) is 17.9 Å². The van der Waals surface area contributed by atoms with Gasteiger partial charge in [-0.1, -0.05) is 60.7 Å². The van der Waals surface area contributed by atoms with Crippen LogP contribution in [0.5, 0.6) is 5.75 Å². The van der Waals surface area contributed by atoms with E-state index in [9.17, 15) is 0 Å². The summed E-state index contributed by atoms with van der Waals surface area (Å²) in [4.78, 5) is 0. The maximum Gasteiger partial charge on any atom is 0.124 e. The van der Waals surface area contributed by atoms with Gasteiger partial charge < -0.3 is 10.1 Å². The lowest BCUT2D eigenvalue weighted by molar-refractivity contribution is 0.303. The van der Waals surface area contributed by atoms with Crippen LogP contribution in [0, 0.1) is 13.8 Å². The third-order valence-electron chi connectivity index (χ3n) is 4.07. The molecule has 2 nitrogen and oxygen atoms in total. The van der Waals surface area contributed by atoms with Crippen LogP contribution in [-0.4, -0.2) is 0 Å². The lowest BCUT2D eigenvalue weighted by Crippen LogP contribution is -2.04. The number of anilines is 1. The summed E-state index contributed by atoms with van der Waals surface area (Å²) in [6, 6.07) is 24.9.